The number of nitrogens with zero attached hydrogens (tertiary/aromatic N) is 2. The number of rotatable bonds is 9. The number of hydrogen-bond acceptors (Lipinski definition) is 3. The van der Waals surface area contributed by atoms with Crippen molar-refractivity contribution < 1.29 is 0 Å². The van der Waals surface area contributed by atoms with Crippen LogP contribution >= 0.6 is 11.3 Å². The van der Waals surface area contributed by atoms with E-state index in [0.29, 0.717) is 5.92 Å². The summed E-state index contributed by atoms with van der Waals surface area (Å²) in [5, 5.41) is 12.0. The Kier molecular flexibility index (Phi) is 5.71. The van der Waals surface area contributed by atoms with Crippen LogP contribution in [-0.4, -0.2) is 25.0 Å². The molecule has 1 saturated carbocycles. The minimum atomic E-state index is -0.228. The van der Waals surface area contributed by atoms with Crippen molar-refractivity contribution in [3.8, 4) is 6.07 Å². The highest BCUT2D eigenvalue weighted by Crippen LogP contribution is 2.51. The zero-order valence-corrected chi connectivity index (χ0v) is 15.3. The second kappa shape index (κ2) is 7.96. The van der Waals surface area contributed by atoms with E-state index in [1.165, 1.54) is 23.3 Å². The van der Waals surface area contributed by atoms with Crippen molar-refractivity contribution in [3.05, 3.63) is 58.3 Å². The molecule has 0 amide bonds. The SMILES string of the molecule is CN(CCCC(C#N)(c1cccs1)C1CC1)CCc1ccccc1. The van der Waals surface area contributed by atoms with E-state index >= 15 is 0 Å². The van der Waals surface area contributed by atoms with Crippen LogP contribution in [0.4, 0.5) is 0 Å². The van der Waals surface area contributed by atoms with Crippen molar-refractivity contribution in [2.24, 2.45) is 5.92 Å². The maximum absolute atomic E-state index is 9.92. The fourth-order valence-electron chi connectivity index (χ4n) is 3.54. The van der Waals surface area contributed by atoms with E-state index in [2.05, 4.69) is 65.9 Å². The van der Waals surface area contributed by atoms with Gasteiger partial charge in [0.2, 0.25) is 0 Å². The van der Waals surface area contributed by atoms with E-state index in [4.69, 9.17) is 0 Å². The van der Waals surface area contributed by atoms with Gasteiger partial charge >= 0.3 is 0 Å². The van der Waals surface area contributed by atoms with Gasteiger partial charge in [0.25, 0.3) is 0 Å². The fourth-order valence-corrected chi connectivity index (χ4v) is 4.53. The summed E-state index contributed by atoms with van der Waals surface area (Å²) in [6.07, 6.45) is 5.61. The molecule has 1 heterocycles. The van der Waals surface area contributed by atoms with Gasteiger partial charge in [-0.05, 0) is 68.6 Å². The molecule has 24 heavy (non-hydrogen) atoms. The summed E-state index contributed by atoms with van der Waals surface area (Å²) < 4.78 is 0. The molecule has 0 aliphatic heterocycles. The first-order valence-corrected chi connectivity index (χ1v) is 9.80. The van der Waals surface area contributed by atoms with Gasteiger partial charge in [0.05, 0.1) is 11.5 Å². The highest BCUT2D eigenvalue weighted by Gasteiger charge is 2.47. The van der Waals surface area contributed by atoms with Gasteiger partial charge in [-0.2, -0.15) is 5.26 Å². The van der Waals surface area contributed by atoms with E-state index in [-0.39, 0.29) is 5.41 Å². The number of benzene rings is 1. The van der Waals surface area contributed by atoms with Crippen molar-refractivity contribution in [2.75, 3.05) is 20.1 Å². The van der Waals surface area contributed by atoms with E-state index in [1.54, 1.807) is 11.3 Å². The first-order chi connectivity index (χ1) is 11.7. The van der Waals surface area contributed by atoms with Gasteiger partial charge < -0.3 is 4.90 Å². The van der Waals surface area contributed by atoms with Gasteiger partial charge in [0, 0.05) is 11.4 Å². The minimum absolute atomic E-state index is 0.228. The quantitative estimate of drug-likeness (QED) is 0.652. The van der Waals surface area contributed by atoms with Crippen LogP contribution in [-0.2, 0) is 11.8 Å². The third-order valence-corrected chi connectivity index (χ3v) is 6.22. The molecule has 3 rings (SSSR count). The Hall–Kier alpha value is -1.63. The van der Waals surface area contributed by atoms with Crippen molar-refractivity contribution in [2.45, 2.75) is 37.5 Å². The average molecular weight is 339 g/mol. The predicted octanol–water partition coefficient (Wildman–Crippen LogP) is 4.87. The Balaban J connectivity index is 1.50. The van der Waals surface area contributed by atoms with Gasteiger partial charge in [0.1, 0.15) is 0 Å². The van der Waals surface area contributed by atoms with Gasteiger partial charge in [0.15, 0.2) is 0 Å². The molecule has 1 aromatic heterocycles. The largest absolute Gasteiger partial charge is 0.306 e. The molecule has 1 aliphatic carbocycles. The van der Waals surface area contributed by atoms with Crippen LogP contribution in [0.2, 0.25) is 0 Å². The molecule has 1 fully saturated rings. The summed E-state index contributed by atoms with van der Waals surface area (Å²) in [6.45, 7) is 2.14. The molecule has 2 nitrogen and oxygen atoms in total. The smallest absolute Gasteiger partial charge is 0.0943 e. The molecule has 0 bridgehead atoms. The van der Waals surface area contributed by atoms with E-state index in [1.807, 2.05) is 0 Å². The number of nitriles is 1. The normalized spacial score (nSPS) is 16.7. The summed E-state index contributed by atoms with van der Waals surface area (Å²) in [5.74, 6) is 0.579. The third kappa shape index (κ3) is 4.06. The summed E-state index contributed by atoms with van der Waals surface area (Å²) in [5.41, 5.74) is 1.17. The molecule has 1 aliphatic rings. The third-order valence-electron chi connectivity index (χ3n) is 5.17. The summed E-state index contributed by atoms with van der Waals surface area (Å²) in [6, 6.07) is 17.6. The second-order valence-corrected chi connectivity index (χ2v) is 7.92. The van der Waals surface area contributed by atoms with E-state index < -0.39 is 0 Å². The summed E-state index contributed by atoms with van der Waals surface area (Å²) in [4.78, 5) is 3.68. The van der Waals surface area contributed by atoms with Crippen molar-refractivity contribution in [1.29, 1.82) is 5.26 Å². The zero-order valence-electron chi connectivity index (χ0n) is 14.4. The van der Waals surface area contributed by atoms with Crippen molar-refractivity contribution in [1.82, 2.24) is 4.90 Å². The topological polar surface area (TPSA) is 27.0 Å². The Morgan fingerprint density at radius 1 is 1.17 bits per heavy atom. The summed E-state index contributed by atoms with van der Waals surface area (Å²) >= 11 is 1.75. The Labute approximate surface area is 149 Å². The lowest BCUT2D eigenvalue weighted by Crippen LogP contribution is -2.29. The lowest BCUT2D eigenvalue weighted by molar-refractivity contribution is 0.310. The highest BCUT2D eigenvalue weighted by molar-refractivity contribution is 7.10. The predicted molar refractivity (Wildman–Crippen MR) is 101 cm³/mol. The van der Waals surface area contributed by atoms with Crippen LogP contribution in [0.5, 0.6) is 0 Å². The first kappa shape index (κ1) is 17.2. The average Bonchev–Trinajstić information content (AvgIpc) is 3.32. The minimum Gasteiger partial charge on any atom is -0.306 e. The molecule has 2 aromatic rings. The van der Waals surface area contributed by atoms with E-state index in [0.717, 1.165) is 32.4 Å². The Morgan fingerprint density at radius 2 is 1.96 bits per heavy atom. The molecule has 1 atom stereocenters. The summed E-state index contributed by atoms with van der Waals surface area (Å²) in [7, 11) is 2.19. The molecule has 1 unspecified atom stereocenters. The molecule has 0 saturated heterocycles. The zero-order chi connectivity index (χ0) is 16.8. The molecule has 0 N–H and O–H groups in total. The van der Waals surface area contributed by atoms with Gasteiger partial charge in [-0.3, -0.25) is 0 Å². The molecular weight excluding hydrogens is 312 g/mol. The van der Waals surface area contributed by atoms with Crippen LogP contribution < -0.4 is 0 Å². The van der Waals surface area contributed by atoms with Crippen molar-refractivity contribution in [3.63, 3.8) is 0 Å². The molecule has 0 radical (unpaired) electrons. The lowest BCUT2D eigenvalue weighted by Gasteiger charge is -2.26. The molecule has 126 valence electrons. The van der Waals surface area contributed by atoms with Crippen LogP contribution in [0.3, 0.4) is 0 Å². The molecule has 1 aromatic carbocycles. The van der Waals surface area contributed by atoms with Gasteiger partial charge in [-0.1, -0.05) is 36.4 Å². The Bertz CT molecular complexity index is 655. The van der Waals surface area contributed by atoms with Crippen LogP contribution in [0.25, 0.3) is 0 Å². The maximum Gasteiger partial charge on any atom is 0.0943 e. The van der Waals surface area contributed by atoms with Crippen LogP contribution in [0.15, 0.2) is 47.8 Å². The number of thiophene rings is 1. The van der Waals surface area contributed by atoms with Crippen molar-refractivity contribution >= 4 is 11.3 Å². The first-order valence-electron chi connectivity index (χ1n) is 8.92. The fraction of sp³-hybridized carbons (Fsp3) is 0.476. The monoisotopic (exact) mass is 338 g/mol. The molecule has 0 spiro atoms. The molecular formula is C21H26N2S. The number of likely N-dealkylation sites (N-methyl/N-ethyl adjacent to an activating group) is 1. The van der Waals surface area contributed by atoms with Crippen LogP contribution in [0.1, 0.15) is 36.1 Å². The highest BCUT2D eigenvalue weighted by atomic mass is 32.1. The Morgan fingerprint density at radius 3 is 2.58 bits per heavy atom. The van der Waals surface area contributed by atoms with Gasteiger partial charge in [-0.25, -0.2) is 0 Å². The maximum atomic E-state index is 9.92. The molecule has 3 heteroatoms. The van der Waals surface area contributed by atoms with E-state index in [9.17, 15) is 5.26 Å². The number of hydrogen-bond donors (Lipinski definition) is 0. The van der Waals surface area contributed by atoms with Gasteiger partial charge in [-0.15, -0.1) is 11.3 Å². The second-order valence-electron chi connectivity index (χ2n) is 6.98. The lowest BCUT2D eigenvalue weighted by atomic mass is 9.78. The standard InChI is InChI=1S/C21H26N2S/c1-23(15-12-18-7-3-2-4-8-18)14-6-13-21(17-22,19-10-11-19)20-9-5-16-24-20/h2-5,7-9,16,19H,6,10-15H2,1H3. The van der Waals surface area contributed by atoms with Crippen LogP contribution in [0, 0.1) is 17.2 Å².